The van der Waals surface area contributed by atoms with Gasteiger partial charge in [-0.2, -0.15) is 21.6 Å². The highest BCUT2D eigenvalue weighted by Gasteiger charge is 2.48. The van der Waals surface area contributed by atoms with Crippen LogP contribution in [0.1, 0.15) is 5.56 Å². The van der Waals surface area contributed by atoms with Crippen LogP contribution in [0, 0.1) is 12.3 Å². The van der Waals surface area contributed by atoms with E-state index >= 15 is 0 Å². The molecule has 1 aromatic carbocycles. The van der Waals surface area contributed by atoms with Crippen LogP contribution in [0.2, 0.25) is 0 Å². The van der Waals surface area contributed by atoms with Gasteiger partial charge in [0.15, 0.2) is 0 Å². The molecule has 0 aliphatic rings. The average Bonchev–Trinajstić information content (AvgIpc) is 2.15. The van der Waals surface area contributed by atoms with Crippen LogP contribution in [0.25, 0.3) is 0 Å². The Hall–Kier alpha value is -1.68. The molecule has 0 spiro atoms. The second-order valence-corrected chi connectivity index (χ2v) is 4.19. The largest absolute Gasteiger partial charge is 0.534 e. The van der Waals surface area contributed by atoms with E-state index in [9.17, 15) is 21.6 Å². The van der Waals surface area contributed by atoms with Crippen molar-refractivity contribution in [2.45, 2.75) is 5.51 Å². The van der Waals surface area contributed by atoms with Crippen molar-refractivity contribution in [2.75, 3.05) is 0 Å². The van der Waals surface area contributed by atoms with Gasteiger partial charge in [0, 0.05) is 5.56 Å². The fraction of sp³-hybridized carbons (Fsp3) is 0.111. The Bertz CT molecular complexity index is 526. The minimum atomic E-state index is -5.64. The van der Waals surface area contributed by atoms with Crippen molar-refractivity contribution in [1.29, 1.82) is 0 Å². The minimum Gasteiger partial charge on any atom is -0.376 e. The molecule has 0 unspecified atom stereocenters. The van der Waals surface area contributed by atoms with E-state index in [0.717, 1.165) is 12.1 Å². The molecule has 0 radical (unpaired) electrons. The highest BCUT2D eigenvalue weighted by molar-refractivity contribution is 7.87. The van der Waals surface area contributed by atoms with Crippen LogP contribution in [-0.4, -0.2) is 13.9 Å². The van der Waals surface area contributed by atoms with Gasteiger partial charge in [0.1, 0.15) is 5.75 Å². The van der Waals surface area contributed by atoms with Gasteiger partial charge in [-0.15, -0.1) is 6.42 Å². The third-order valence-electron chi connectivity index (χ3n) is 1.49. The Morgan fingerprint density at radius 2 is 1.94 bits per heavy atom. The lowest BCUT2D eigenvalue weighted by Gasteiger charge is -2.09. The lowest BCUT2D eigenvalue weighted by Crippen LogP contribution is -2.28. The maximum absolute atomic E-state index is 11.9. The molecule has 0 amide bonds. The first-order valence-electron chi connectivity index (χ1n) is 3.84. The molecule has 0 aliphatic heterocycles. The monoisotopic (exact) mass is 250 g/mol. The van der Waals surface area contributed by atoms with Crippen LogP contribution in [0.4, 0.5) is 13.2 Å². The van der Waals surface area contributed by atoms with Gasteiger partial charge in [-0.1, -0.05) is 12.0 Å². The minimum absolute atomic E-state index is 0.217. The zero-order valence-corrected chi connectivity index (χ0v) is 8.47. The predicted octanol–water partition coefficient (Wildman–Crippen LogP) is 1.90. The van der Waals surface area contributed by atoms with E-state index in [-0.39, 0.29) is 5.56 Å². The summed E-state index contributed by atoms with van der Waals surface area (Å²) in [6, 6.07) is 4.79. The summed E-state index contributed by atoms with van der Waals surface area (Å²) in [5, 5.41) is 0. The second-order valence-electron chi connectivity index (χ2n) is 2.66. The zero-order chi connectivity index (χ0) is 12.4. The Morgan fingerprint density at radius 3 is 2.44 bits per heavy atom. The fourth-order valence-corrected chi connectivity index (χ4v) is 1.26. The maximum Gasteiger partial charge on any atom is 0.534 e. The summed E-state index contributed by atoms with van der Waals surface area (Å²) in [6.07, 6.45) is 4.99. The van der Waals surface area contributed by atoms with Crippen molar-refractivity contribution in [3.8, 4) is 18.1 Å². The molecule has 7 heteroatoms. The Balaban J connectivity index is 3.03. The number of hydrogen-bond donors (Lipinski definition) is 0. The summed E-state index contributed by atoms with van der Waals surface area (Å²) in [5.41, 5.74) is -5.24. The van der Waals surface area contributed by atoms with Crippen LogP contribution in [-0.2, 0) is 10.1 Å². The van der Waals surface area contributed by atoms with E-state index in [1.807, 2.05) is 0 Å². The summed E-state index contributed by atoms with van der Waals surface area (Å²) in [6.45, 7) is 0. The number of terminal acetylenes is 1. The molecule has 0 heterocycles. The zero-order valence-electron chi connectivity index (χ0n) is 7.65. The molecule has 0 saturated heterocycles. The quantitative estimate of drug-likeness (QED) is 0.457. The van der Waals surface area contributed by atoms with Gasteiger partial charge in [-0.25, -0.2) is 0 Å². The highest BCUT2D eigenvalue weighted by Crippen LogP contribution is 2.27. The smallest absolute Gasteiger partial charge is 0.376 e. The van der Waals surface area contributed by atoms with Crippen molar-refractivity contribution in [1.82, 2.24) is 0 Å². The lowest BCUT2D eigenvalue weighted by molar-refractivity contribution is -0.0500. The van der Waals surface area contributed by atoms with Crippen molar-refractivity contribution in [3.63, 3.8) is 0 Å². The van der Waals surface area contributed by atoms with E-state index < -0.39 is 21.4 Å². The molecule has 0 saturated carbocycles. The van der Waals surface area contributed by atoms with Crippen molar-refractivity contribution < 1.29 is 25.8 Å². The molecule has 3 nitrogen and oxygen atoms in total. The lowest BCUT2D eigenvalue weighted by atomic mass is 10.2. The first-order chi connectivity index (χ1) is 7.26. The summed E-state index contributed by atoms with van der Waals surface area (Å²) in [4.78, 5) is 0. The van der Waals surface area contributed by atoms with Crippen molar-refractivity contribution in [2.24, 2.45) is 0 Å². The Morgan fingerprint density at radius 1 is 1.31 bits per heavy atom. The Kier molecular flexibility index (Phi) is 3.14. The molecule has 86 valence electrons. The van der Waals surface area contributed by atoms with Gasteiger partial charge in [0.2, 0.25) is 0 Å². The van der Waals surface area contributed by atoms with Crippen molar-refractivity contribution >= 4 is 10.1 Å². The van der Waals surface area contributed by atoms with Gasteiger partial charge in [-0.3, -0.25) is 0 Å². The summed E-state index contributed by atoms with van der Waals surface area (Å²) in [7, 11) is -5.64. The summed E-state index contributed by atoms with van der Waals surface area (Å²) < 4.78 is 60.9. The number of alkyl halides is 3. The number of hydrogen-bond acceptors (Lipinski definition) is 3. The number of rotatable bonds is 2. The third-order valence-corrected chi connectivity index (χ3v) is 2.47. The van der Waals surface area contributed by atoms with Crippen LogP contribution in [0.5, 0.6) is 5.75 Å². The summed E-state index contributed by atoms with van der Waals surface area (Å²) >= 11 is 0. The molecule has 0 atom stereocenters. The van der Waals surface area contributed by atoms with Crippen LogP contribution < -0.4 is 4.18 Å². The van der Waals surface area contributed by atoms with E-state index in [1.165, 1.54) is 12.1 Å². The normalized spacial score (nSPS) is 11.9. The van der Waals surface area contributed by atoms with Gasteiger partial charge in [0.05, 0.1) is 0 Å². The van der Waals surface area contributed by atoms with Crippen LogP contribution in [0.15, 0.2) is 24.3 Å². The summed E-state index contributed by atoms with van der Waals surface area (Å²) in [5.74, 6) is 1.66. The third kappa shape index (κ3) is 2.67. The van der Waals surface area contributed by atoms with E-state index in [4.69, 9.17) is 6.42 Å². The molecular formula is C9H5F3O3S. The number of halogens is 3. The van der Waals surface area contributed by atoms with Gasteiger partial charge >= 0.3 is 15.6 Å². The molecule has 1 rings (SSSR count). The molecule has 16 heavy (non-hydrogen) atoms. The van der Waals surface area contributed by atoms with Crippen LogP contribution >= 0.6 is 0 Å². The van der Waals surface area contributed by atoms with E-state index in [0.29, 0.717) is 0 Å². The van der Waals surface area contributed by atoms with E-state index in [1.54, 1.807) is 0 Å². The van der Waals surface area contributed by atoms with Gasteiger partial charge in [0.25, 0.3) is 0 Å². The maximum atomic E-state index is 11.9. The van der Waals surface area contributed by atoms with Crippen LogP contribution in [0.3, 0.4) is 0 Å². The van der Waals surface area contributed by atoms with Crippen molar-refractivity contribution in [3.05, 3.63) is 29.8 Å². The molecule has 0 aliphatic carbocycles. The first kappa shape index (κ1) is 12.4. The molecule has 1 aromatic rings. The molecule has 0 bridgehead atoms. The predicted molar refractivity (Wildman–Crippen MR) is 50.0 cm³/mol. The standard InChI is InChI=1S/C9H5F3O3S/c1-2-7-4-3-5-8(6-7)15-16(13,14)9(10,11)12/h1,3-6H. The molecule has 0 N–H and O–H groups in total. The first-order valence-corrected chi connectivity index (χ1v) is 5.24. The molecule has 0 fully saturated rings. The second kappa shape index (κ2) is 4.06. The SMILES string of the molecule is C#Cc1cccc(OS(=O)(=O)C(F)(F)F)c1. The molecule has 0 aromatic heterocycles. The fourth-order valence-electron chi connectivity index (χ4n) is 0.812. The van der Waals surface area contributed by atoms with E-state index in [2.05, 4.69) is 10.1 Å². The topological polar surface area (TPSA) is 43.4 Å². The van der Waals surface area contributed by atoms with Gasteiger partial charge < -0.3 is 4.18 Å². The highest BCUT2D eigenvalue weighted by atomic mass is 32.2. The van der Waals surface area contributed by atoms with Gasteiger partial charge in [-0.05, 0) is 18.2 Å². The number of benzene rings is 1. The molecular weight excluding hydrogens is 245 g/mol. The Labute approximate surface area is 90.0 Å². The average molecular weight is 250 g/mol.